The number of rotatable bonds is 8. The SMILES string of the molecule is COc1ccc(/C=C/C(=O)NCCC(=O)Nc2ccc(N3CCCCCC3)cc2)cc1. The van der Waals surface area contributed by atoms with Gasteiger partial charge in [0, 0.05) is 43.5 Å². The molecule has 1 aliphatic heterocycles. The lowest BCUT2D eigenvalue weighted by atomic mass is 10.2. The van der Waals surface area contributed by atoms with E-state index in [0.29, 0.717) is 0 Å². The zero-order valence-electron chi connectivity index (χ0n) is 18.1. The molecule has 2 N–H and O–H groups in total. The zero-order valence-corrected chi connectivity index (χ0v) is 18.1. The van der Waals surface area contributed by atoms with Crippen LogP contribution in [-0.4, -0.2) is 38.6 Å². The number of amides is 2. The molecule has 0 bridgehead atoms. The molecule has 0 radical (unpaired) electrons. The van der Waals surface area contributed by atoms with Gasteiger partial charge in [0.2, 0.25) is 11.8 Å². The fourth-order valence-electron chi connectivity index (χ4n) is 3.55. The summed E-state index contributed by atoms with van der Waals surface area (Å²) in [7, 11) is 1.61. The van der Waals surface area contributed by atoms with Gasteiger partial charge in [0.15, 0.2) is 0 Å². The predicted octanol–water partition coefficient (Wildman–Crippen LogP) is 4.23. The van der Waals surface area contributed by atoms with Crippen molar-refractivity contribution < 1.29 is 14.3 Å². The molecule has 1 fully saturated rings. The van der Waals surface area contributed by atoms with Crippen LogP contribution in [0.15, 0.2) is 54.6 Å². The normalized spacial score (nSPS) is 14.2. The van der Waals surface area contributed by atoms with E-state index in [9.17, 15) is 9.59 Å². The Morgan fingerprint density at radius 2 is 1.65 bits per heavy atom. The minimum Gasteiger partial charge on any atom is -0.497 e. The van der Waals surface area contributed by atoms with E-state index < -0.39 is 0 Å². The van der Waals surface area contributed by atoms with Crippen LogP contribution >= 0.6 is 0 Å². The minimum absolute atomic E-state index is 0.123. The lowest BCUT2D eigenvalue weighted by Crippen LogP contribution is -2.26. The van der Waals surface area contributed by atoms with Crippen molar-refractivity contribution >= 4 is 29.3 Å². The fraction of sp³-hybridized carbons (Fsp3) is 0.360. The Labute approximate surface area is 184 Å². The number of hydrogen-bond acceptors (Lipinski definition) is 4. The molecular weight excluding hydrogens is 390 g/mol. The fourth-order valence-corrected chi connectivity index (χ4v) is 3.55. The number of carbonyl (C=O) groups is 2. The molecule has 6 heteroatoms. The van der Waals surface area contributed by atoms with Crippen LogP contribution in [0.4, 0.5) is 11.4 Å². The second kappa shape index (κ2) is 11.8. The van der Waals surface area contributed by atoms with Crippen molar-refractivity contribution in [3.8, 4) is 5.75 Å². The maximum absolute atomic E-state index is 12.2. The van der Waals surface area contributed by atoms with Crippen molar-refractivity contribution in [2.45, 2.75) is 32.1 Å². The van der Waals surface area contributed by atoms with E-state index in [-0.39, 0.29) is 24.8 Å². The third kappa shape index (κ3) is 7.48. The van der Waals surface area contributed by atoms with Gasteiger partial charge >= 0.3 is 0 Å². The van der Waals surface area contributed by atoms with Gasteiger partial charge in [-0.1, -0.05) is 25.0 Å². The quantitative estimate of drug-likeness (QED) is 0.626. The summed E-state index contributed by atoms with van der Waals surface area (Å²) in [5.41, 5.74) is 2.88. The number of hydrogen-bond donors (Lipinski definition) is 2. The molecule has 1 saturated heterocycles. The monoisotopic (exact) mass is 421 g/mol. The van der Waals surface area contributed by atoms with Crippen LogP contribution in [-0.2, 0) is 9.59 Å². The van der Waals surface area contributed by atoms with Gasteiger partial charge in [-0.25, -0.2) is 0 Å². The Morgan fingerprint density at radius 3 is 2.29 bits per heavy atom. The summed E-state index contributed by atoms with van der Waals surface area (Å²) in [6.45, 7) is 2.47. The van der Waals surface area contributed by atoms with E-state index in [2.05, 4.69) is 27.7 Å². The van der Waals surface area contributed by atoms with Crippen molar-refractivity contribution in [2.24, 2.45) is 0 Å². The summed E-state index contributed by atoms with van der Waals surface area (Å²) in [6, 6.07) is 15.4. The van der Waals surface area contributed by atoms with E-state index in [1.165, 1.54) is 37.4 Å². The first kappa shape index (κ1) is 22.4. The van der Waals surface area contributed by atoms with Crippen molar-refractivity contribution in [3.05, 3.63) is 60.2 Å². The van der Waals surface area contributed by atoms with Gasteiger partial charge in [-0.2, -0.15) is 0 Å². The molecule has 6 nitrogen and oxygen atoms in total. The topological polar surface area (TPSA) is 70.7 Å². The van der Waals surface area contributed by atoms with Gasteiger partial charge in [0.1, 0.15) is 5.75 Å². The summed E-state index contributed by atoms with van der Waals surface area (Å²) in [5.74, 6) is 0.413. The lowest BCUT2D eigenvalue weighted by Gasteiger charge is -2.22. The zero-order chi connectivity index (χ0) is 21.9. The summed E-state index contributed by atoms with van der Waals surface area (Å²) >= 11 is 0. The Kier molecular flexibility index (Phi) is 8.52. The van der Waals surface area contributed by atoms with Crippen LogP contribution in [0.1, 0.15) is 37.7 Å². The largest absolute Gasteiger partial charge is 0.497 e. The smallest absolute Gasteiger partial charge is 0.244 e. The second-order valence-electron chi connectivity index (χ2n) is 7.64. The van der Waals surface area contributed by atoms with Crippen molar-refractivity contribution in [3.63, 3.8) is 0 Å². The molecule has 0 aromatic heterocycles. The molecule has 0 unspecified atom stereocenters. The molecule has 2 aromatic carbocycles. The Morgan fingerprint density at radius 1 is 0.968 bits per heavy atom. The summed E-state index contributed by atoms with van der Waals surface area (Å²) in [5, 5.41) is 5.62. The molecule has 31 heavy (non-hydrogen) atoms. The molecule has 164 valence electrons. The third-order valence-electron chi connectivity index (χ3n) is 5.32. The minimum atomic E-state index is -0.231. The van der Waals surface area contributed by atoms with Crippen molar-refractivity contribution in [2.75, 3.05) is 37.0 Å². The molecule has 3 rings (SSSR count). The molecule has 0 aliphatic carbocycles. The van der Waals surface area contributed by atoms with Gasteiger partial charge in [-0.15, -0.1) is 0 Å². The van der Waals surface area contributed by atoms with Crippen LogP contribution in [0.3, 0.4) is 0 Å². The standard InChI is InChI=1S/C25H31N3O3/c1-31-23-13-6-20(7-14-23)8-15-24(29)26-17-16-25(30)27-21-9-11-22(12-10-21)28-18-4-2-3-5-19-28/h6-15H,2-5,16-19H2,1H3,(H,26,29)(H,27,30)/b15-8+. The highest BCUT2D eigenvalue weighted by molar-refractivity contribution is 5.93. The van der Waals surface area contributed by atoms with E-state index >= 15 is 0 Å². The van der Waals surface area contributed by atoms with Crippen molar-refractivity contribution in [1.82, 2.24) is 5.32 Å². The van der Waals surface area contributed by atoms with Crippen LogP contribution in [0.25, 0.3) is 6.08 Å². The van der Waals surface area contributed by atoms with Gasteiger partial charge < -0.3 is 20.3 Å². The Balaban J connectivity index is 1.38. The number of anilines is 2. The third-order valence-corrected chi connectivity index (χ3v) is 5.32. The number of ether oxygens (including phenoxy) is 1. The van der Waals surface area contributed by atoms with Crippen LogP contribution < -0.4 is 20.3 Å². The first-order valence-electron chi connectivity index (χ1n) is 10.9. The average molecular weight is 422 g/mol. The van der Waals surface area contributed by atoms with Gasteiger partial charge in [-0.3, -0.25) is 9.59 Å². The highest BCUT2D eigenvalue weighted by Crippen LogP contribution is 2.21. The predicted molar refractivity (Wildman–Crippen MR) is 125 cm³/mol. The highest BCUT2D eigenvalue weighted by atomic mass is 16.5. The molecule has 1 aliphatic rings. The van der Waals surface area contributed by atoms with Gasteiger partial charge in [0.05, 0.1) is 7.11 Å². The molecule has 2 aromatic rings. The summed E-state index contributed by atoms with van der Waals surface area (Å²) in [6.07, 6.45) is 8.48. The average Bonchev–Trinajstić information content (AvgIpc) is 3.08. The van der Waals surface area contributed by atoms with Crippen LogP contribution in [0.2, 0.25) is 0 Å². The van der Waals surface area contributed by atoms with E-state index in [1.807, 2.05) is 36.4 Å². The molecule has 0 saturated carbocycles. The number of methoxy groups -OCH3 is 1. The number of nitrogens with zero attached hydrogens (tertiary/aromatic N) is 1. The Hall–Kier alpha value is -3.28. The molecule has 0 spiro atoms. The van der Waals surface area contributed by atoms with Crippen LogP contribution in [0, 0.1) is 0 Å². The number of carbonyl (C=O) groups excluding carboxylic acids is 2. The molecule has 1 heterocycles. The lowest BCUT2D eigenvalue weighted by molar-refractivity contribution is -0.117. The first-order valence-corrected chi connectivity index (χ1v) is 10.9. The van der Waals surface area contributed by atoms with Gasteiger partial charge in [0.25, 0.3) is 0 Å². The first-order chi connectivity index (χ1) is 15.1. The molecule has 0 atom stereocenters. The summed E-state index contributed by atoms with van der Waals surface area (Å²) < 4.78 is 5.11. The van der Waals surface area contributed by atoms with Crippen LogP contribution in [0.5, 0.6) is 5.75 Å². The van der Waals surface area contributed by atoms with E-state index in [1.54, 1.807) is 13.2 Å². The second-order valence-corrected chi connectivity index (χ2v) is 7.64. The highest BCUT2D eigenvalue weighted by Gasteiger charge is 2.10. The van der Waals surface area contributed by atoms with Gasteiger partial charge in [-0.05, 0) is 60.9 Å². The molecular formula is C25H31N3O3. The maximum atomic E-state index is 12.2. The number of nitrogens with one attached hydrogen (secondary N) is 2. The summed E-state index contributed by atoms with van der Waals surface area (Å²) in [4.78, 5) is 26.5. The molecule has 2 amide bonds. The maximum Gasteiger partial charge on any atom is 0.244 e. The Bertz CT molecular complexity index is 868. The van der Waals surface area contributed by atoms with Crippen molar-refractivity contribution in [1.29, 1.82) is 0 Å². The van der Waals surface area contributed by atoms with E-state index in [4.69, 9.17) is 4.74 Å². The number of benzene rings is 2. The van der Waals surface area contributed by atoms with E-state index in [0.717, 1.165) is 30.1 Å².